The highest BCUT2D eigenvalue weighted by Gasteiger charge is 2.38. The zero-order valence-electron chi connectivity index (χ0n) is 12.1. The first-order chi connectivity index (χ1) is 9.79. The van der Waals surface area contributed by atoms with Gasteiger partial charge in [0.25, 0.3) is 0 Å². The van der Waals surface area contributed by atoms with Gasteiger partial charge in [-0.25, -0.2) is 0 Å². The lowest BCUT2D eigenvalue weighted by Gasteiger charge is -2.39. The molecule has 3 nitrogen and oxygen atoms in total. The van der Waals surface area contributed by atoms with Crippen LogP contribution in [0.4, 0.5) is 5.69 Å². The van der Waals surface area contributed by atoms with Gasteiger partial charge in [0.05, 0.1) is 13.0 Å². The van der Waals surface area contributed by atoms with E-state index >= 15 is 0 Å². The third kappa shape index (κ3) is 2.54. The third-order valence-electron chi connectivity index (χ3n) is 4.87. The lowest BCUT2D eigenvalue weighted by Crippen LogP contribution is -2.45. The fourth-order valence-electron chi connectivity index (χ4n) is 3.80. The van der Waals surface area contributed by atoms with Gasteiger partial charge < -0.3 is 10.1 Å². The average Bonchev–Trinajstić information content (AvgIpc) is 2.53. The van der Waals surface area contributed by atoms with Crippen molar-refractivity contribution in [1.82, 2.24) is 0 Å². The second-order valence-electron chi connectivity index (χ2n) is 6.06. The van der Waals surface area contributed by atoms with Gasteiger partial charge in [-0.1, -0.05) is 37.5 Å². The first-order valence-corrected chi connectivity index (χ1v) is 7.72. The van der Waals surface area contributed by atoms with Crippen LogP contribution in [0.15, 0.2) is 24.3 Å². The van der Waals surface area contributed by atoms with E-state index in [9.17, 15) is 4.79 Å². The molecule has 1 aromatic rings. The van der Waals surface area contributed by atoms with Gasteiger partial charge >= 0.3 is 5.97 Å². The first kappa shape index (κ1) is 13.5. The topological polar surface area (TPSA) is 38.3 Å². The Balaban J connectivity index is 1.87. The largest absolute Gasteiger partial charge is 0.469 e. The van der Waals surface area contributed by atoms with Crippen LogP contribution < -0.4 is 5.32 Å². The van der Waals surface area contributed by atoms with Crippen LogP contribution in [-0.4, -0.2) is 19.1 Å². The summed E-state index contributed by atoms with van der Waals surface area (Å²) in [6.45, 7) is 0. The van der Waals surface area contributed by atoms with Gasteiger partial charge in [0.2, 0.25) is 0 Å². The summed E-state index contributed by atoms with van der Waals surface area (Å²) >= 11 is 0. The Labute approximate surface area is 120 Å². The number of carbonyl (C=O) groups excluding carboxylic acids is 1. The molecule has 3 heteroatoms. The maximum absolute atomic E-state index is 12.2. The number of anilines is 1. The van der Waals surface area contributed by atoms with E-state index in [2.05, 4.69) is 23.5 Å². The second kappa shape index (κ2) is 5.86. The van der Waals surface area contributed by atoms with Gasteiger partial charge in [0.1, 0.15) is 0 Å². The molecule has 2 atom stereocenters. The number of fused-ring (bicyclic) bond motifs is 1. The average molecular weight is 273 g/mol. The maximum Gasteiger partial charge on any atom is 0.311 e. The molecule has 2 aliphatic rings. The minimum absolute atomic E-state index is 0.0435. The smallest absolute Gasteiger partial charge is 0.311 e. The van der Waals surface area contributed by atoms with Crippen molar-refractivity contribution in [1.29, 1.82) is 0 Å². The summed E-state index contributed by atoms with van der Waals surface area (Å²) in [5, 5.41) is 3.63. The fourth-order valence-corrected chi connectivity index (χ4v) is 3.80. The zero-order valence-corrected chi connectivity index (χ0v) is 12.1. The predicted molar refractivity (Wildman–Crippen MR) is 79.6 cm³/mol. The molecule has 0 radical (unpaired) electrons. The number of ether oxygens (including phenoxy) is 1. The fraction of sp³-hybridized carbons (Fsp3) is 0.588. The SMILES string of the molecule is COC(=O)[C@@H]1Cc2ccccc2N[C@H]1C1CCCCC1. The minimum atomic E-state index is -0.0671. The lowest BCUT2D eigenvalue weighted by atomic mass is 9.75. The minimum Gasteiger partial charge on any atom is -0.469 e. The number of benzene rings is 1. The van der Waals surface area contributed by atoms with Gasteiger partial charge in [0.15, 0.2) is 0 Å². The van der Waals surface area contributed by atoms with Crippen molar-refractivity contribution in [3.63, 3.8) is 0 Å². The van der Waals surface area contributed by atoms with Crippen molar-refractivity contribution in [2.45, 2.75) is 44.6 Å². The van der Waals surface area contributed by atoms with Crippen molar-refractivity contribution in [2.75, 3.05) is 12.4 Å². The number of nitrogens with one attached hydrogen (secondary N) is 1. The Bertz CT molecular complexity index is 480. The highest BCUT2D eigenvalue weighted by atomic mass is 16.5. The number of esters is 1. The number of carbonyl (C=O) groups is 1. The molecule has 1 aliphatic heterocycles. The Morgan fingerprint density at radius 3 is 2.70 bits per heavy atom. The molecule has 1 saturated carbocycles. The molecule has 0 aromatic heterocycles. The summed E-state index contributed by atoms with van der Waals surface area (Å²) in [6, 6.07) is 8.56. The quantitative estimate of drug-likeness (QED) is 0.839. The molecule has 1 heterocycles. The summed E-state index contributed by atoms with van der Waals surface area (Å²) < 4.78 is 5.05. The molecule has 0 amide bonds. The molecule has 3 rings (SSSR count). The van der Waals surface area contributed by atoms with Crippen LogP contribution in [0.3, 0.4) is 0 Å². The number of para-hydroxylation sites is 1. The molecule has 0 unspecified atom stereocenters. The standard InChI is InChI=1S/C17H23NO2/c1-20-17(19)14-11-13-9-5-6-10-15(13)18-16(14)12-7-3-2-4-8-12/h5-6,9-10,12,14,16,18H,2-4,7-8,11H2,1H3/t14-,16+/m1/s1. The predicted octanol–water partition coefficient (Wildman–Crippen LogP) is 3.39. The van der Waals surface area contributed by atoms with Crippen molar-refractivity contribution in [3.05, 3.63) is 29.8 Å². The van der Waals surface area contributed by atoms with Crippen molar-refractivity contribution >= 4 is 11.7 Å². The van der Waals surface area contributed by atoms with Crippen LogP contribution in [0, 0.1) is 11.8 Å². The van der Waals surface area contributed by atoms with Crippen molar-refractivity contribution in [3.8, 4) is 0 Å². The Hall–Kier alpha value is -1.51. The second-order valence-corrected chi connectivity index (χ2v) is 6.06. The summed E-state index contributed by atoms with van der Waals surface area (Å²) in [5.74, 6) is 0.488. The molecule has 108 valence electrons. The lowest BCUT2D eigenvalue weighted by molar-refractivity contribution is -0.146. The van der Waals surface area contributed by atoms with E-state index in [0.717, 1.165) is 6.42 Å². The zero-order chi connectivity index (χ0) is 13.9. The van der Waals surface area contributed by atoms with E-state index in [-0.39, 0.29) is 17.9 Å². The number of rotatable bonds is 2. The van der Waals surface area contributed by atoms with E-state index in [1.165, 1.54) is 50.5 Å². The Kier molecular flexibility index (Phi) is 3.95. The Morgan fingerprint density at radius 1 is 1.20 bits per heavy atom. The van der Waals surface area contributed by atoms with Crippen LogP contribution in [0.25, 0.3) is 0 Å². The summed E-state index contributed by atoms with van der Waals surface area (Å²) in [5.41, 5.74) is 2.43. The van der Waals surface area contributed by atoms with Gasteiger partial charge in [-0.05, 0) is 36.8 Å². The highest BCUT2D eigenvalue weighted by molar-refractivity contribution is 5.76. The molecule has 20 heavy (non-hydrogen) atoms. The van der Waals surface area contributed by atoms with Crippen LogP contribution >= 0.6 is 0 Å². The number of hydrogen-bond acceptors (Lipinski definition) is 3. The van der Waals surface area contributed by atoms with Crippen LogP contribution in [0.1, 0.15) is 37.7 Å². The number of methoxy groups -OCH3 is 1. The first-order valence-electron chi connectivity index (χ1n) is 7.72. The van der Waals surface area contributed by atoms with Crippen LogP contribution in [-0.2, 0) is 16.0 Å². The molecular formula is C17H23NO2. The third-order valence-corrected chi connectivity index (χ3v) is 4.87. The molecule has 0 spiro atoms. The molecular weight excluding hydrogens is 250 g/mol. The van der Waals surface area contributed by atoms with E-state index < -0.39 is 0 Å². The molecule has 1 fully saturated rings. The van der Waals surface area contributed by atoms with Gasteiger partial charge in [-0.2, -0.15) is 0 Å². The van der Waals surface area contributed by atoms with Crippen molar-refractivity contribution in [2.24, 2.45) is 11.8 Å². The van der Waals surface area contributed by atoms with E-state index in [1.54, 1.807) is 0 Å². The monoisotopic (exact) mass is 273 g/mol. The van der Waals surface area contributed by atoms with Gasteiger partial charge in [-0.3, -0.25) is 4.79 Å². The van der Waals surface area contributed by atoms with E-state index in [4.69, 9.17) is 4.74 Å². The molecule has 0 bridgehead atoms. The summed E-state index contributed by atoms with van der Waals surface area (Å²) in [4.78, 5) is 12.2. The van der Waals surface area contributed by atoms with Gasteiger partial charge in [0, 0.05) is 11.7 Å². The van der Waals surface area contributed by atoms with Crippen LogP contribution in [0.2, 0.25) is 0 Å². The van der Waals surface area contributed by atoms with Gasteiger partial charge in [-0.15, -0.1) is 0 Å². The highest BCUT2D eigenvalue weighted by Crippen LogP contribution is 2.37. The number of hydrogen-bond donors (Lipinski definition) is 1. The summed E-state index contributed by atoms with van der Waals surface area (Å²) in [6.07, 6.45) is 7.18. The summed E-state index contributed by atoms with van der Waals surface area (Å²) in [7, 11) is 1.50. The van der Waals surface area contributed by atoms with Crippen LogP contribution in [0.5, 0.6) is 0 Å². The molecule has 1 aliphatic carbocycles. The normalized spacial score (nSPS) is 26.4. The molecule has 1 N–H and O–H groups in total. The maximum atomic E-state index is 12.2. The Morgan fingerprint density at radius 2 is 1.95 bits per heavy atom. The van der Waals surface area contributed by atoms with E-state index in [0.29, 0.717) is 5.92 Å². The molecule has 1 aromatic carbocycles. The van der Waals surface area contributed by atoms with E-state index in [1.807, 2.05) is 6.07 Å². The van der Waals surface area contributed by atoms with Crippen molar-refractivity contribution < 1.29 is 9.53 Å². The molecule has 0 saturated heterocycles.